The molecule has 0 amide bonds. The molecule has 78 valence electrons. The maximum Gasteiger partial charge on any atom is 0.204 e. The van der Waals surface area contributed by atoms with Gasteiger partial charge in [-0.15, -0.1) is 0 Å². The average Bonchev–Trinajstić information content (AvgIpc) is 2.73. The number of H-pyrrole nitrogens is 1. The summed E-state index contributed by atoms with van der Waals surface area (Å²) < 4.78 is 6.11. The van der Waals surface area contributed by atoms with Crippen molar-refractivity contribution < 1.29 is 4.74 Å². The number of aromatic nitrogens is 2. The summed E-state index contributed by atoms with van der Waals surface area (Å²) in [6.45, 7) is 0. The van der Waals surface area contributed by atoms with Crippen molar-refractivity contribution in [2.45, 2.75) is 0 Å². The highest BCUT2D eigenvalue weighted by Crippen LogP contribution is 2.28. The van der Waals surface area contributed by atoms with Crippen LogP contribution in [0.4, 0.5) is 11.6 Å². The number of aromatic amines is 1. The van der Waals surface area contributed by atoms with Crippen molar-refractivity contribution in [1.29, 1.82) is 0 Å². The molecule has 15 heavy (non-hydrogen) atoms. The third-order valence-electron chi connectivity index (χ3n) is 1.91. The summed E-state index contributed by atoms with van der Waals surface area (Å²) in [5.74, 6) is 1.49. The highest BCUT2D eigenvalue weighted by atomic mass is 79.9. The first kappa shape index (κ1) is 10.0. The van der Waals surface area contributed by atoms with Gasteiger partial charge in [0.1, 0.15) is 5.75 Å². The van der Waals surface area contributed by atoms with Gasteiger partial charge in [-0.1, -0.05) is 0 Å². The van der Waals surface area contributed by atoms with E-state index in [1.54, 1.807) is 19.5 Å². The molecule has 2 rings (SSSR count). The van der Waals surface area contributed by atoms with Crippen LogP contribution in [0.5, 0.6) is 5.75 Å². The Morgan fingerprint density at radius 1 is 1.47 bits per heavy atom. The van der Waals surface area contributed by atoms with Crippen LogP contribution in [0.1, 0.15) is 0 Å². The molecule has 1 aromatic carbocycles. The summed E-state index contributed by atoms with van der Waals surface area (Å²) in [5.41, 5.74) is 0.921. The summed E-state index contributed by atoms with van der Waals surface area (Å²) in [6.07, 6.45) is 3.46. The Morgan fingerprint density at radius 3 is 3.00 bits per heavy atom. The molecule has 0 radical (unpaired) electrons. The van der Waals surface area contributed by atoms with E-state index < -0.39 is 0 Å². The third-order valence-corrected chi connectivity index (χ3v) is 2.57. The molecule has 0 aliphatic heterocycles. The van der Waals surface area contributed by atoms with Crippen molar-refractivity contribution >= 4 is 27.6 Å². The zero-order valence-corrected chi connectivity index (χ0v) is 9.71. The molecule has 2 aromatic rings. The lowest BCUT2D eigenvalue weighted by Gasteiger charge is -2.07. The Kier molecular flexibility index (Phi) is 2.91. The molecule has 1 aromatic heterocycles. The van der Waals surface area contributed by atoms with Gasteiger partial charge in [-0.3, -0.25) is 0 Å². The van der Waals surface area contributed by atoms with Gasteiger partial charge in [0.2, 0.25) is 5.95 Å². The van der Waals surface area contributed by atoms with Gasteiger partial charge in [0.15, 0.2) is 0 Å². The molecule has 0 atom stereocenters. The maximum atomic E-state index is 5.19. The molecule has 0 fully saturated rings. The molecule has 0 bridgehead atoms. The Morgan fingerprint density at radius 2 is 2.33 bits per heavy atom. The van der Waals surface area contributed by atoms with E-state index in [0.29, 0.717) is 5.95 Å². The molecule has 0 saturated carbocycles. The van der Waals surface area contributed by atoms with Crippen molar-refractivity contribution in [3.8, 4) is 5.75 Å². The normalized spacial score (nSPS) is 10.0. The topological polar surface area (TPSA) is 49.9 Å². The second-order valence-corrected chi connectivity index (χ2v) is 3.77. The first-order valence-electron chi connectivity index (χ1n) is 4.39. The standard InChI is InChI=1S/C10H10BrN3O/c1-15-9-6-7(2-3-8(9)11)14-10-12-4-5-13-10/h2-6H,1H3,(H2,12,13,14). The fraction of sp³-hybridized carbons (Fsp3) is 0.100. The van der Waals surface area contributed by atoms with Gasteiger partial charge in [0, 0.05) is 24.1 Å². The molecule has 0 unspecified atom stereocenters. The summed E-state index contributed by atoms with van der Waals surface area (Å²) in [5, 5.41) is 3.12. The molecule has 0 saturated heterocycles. The van der Waals surface area contributed by atoms with Crippen LogP contribution >= 0.6 is 15.9 Å². The number of hydrogen-bond donors (Lipinski definition) is 2. The van der Waals surface area contributed by atoms with Crippen molar-refractivity contribution in [3.63, 3.8) is 0 Å². The number of nitrogens with one attached hydrogen (secondary N) is 2. The van der Waals surface area contributed by atoms with Crippen molar-refractivity contribution in [2.24, 2.45) is 0 Å². The highest BCUT2D eigenvalue weighted by molar-refractivity contribution is 9.10. The van der Waals surface area contributed by atoms with E-state index >= 15 is 0 Å². The van der Waals surface area contributed by atoms with Gasteiger partial charge >= 0.3 is 0 Å². The highest BCUT2D eigenvalue weighted by Gasteiger charge is 2.02. The van der Waals surface area contributed by atoms with Gasteiger partial charge < -0.3 is 15.0 Å². The first-order chi connectivity index (χ1) is 7.29. The van der Waals surface area contributed by atoms with Crippen LogP contribution in [0.15, 0.2) is 35.1 Å². The summed E-state index contributed by atoms with van der Waals surface area (Å²) in [7, 11) is 1.64. The minimum Gasteiger partial charge on any atom is -0.495 e. The van der Waals surface area contributed by atoms with Crippen molar-refractivity contribution in [3.05, 3.63) is 35.1 Å². The molecular formula is C10H10BrN3O. The van der Waals surface area contributed by atoms with E-state index in [4.69, 9.17) is 4.74 Å². The second kappa shape index (κ2) is 4.35. The minimum atomic E-state index is 0.708. The van der Waals surface area contributed by atoms with E-state index in [2.05, 4.69) is 31.2 Å². The van der Waals surface area contributed by atoms with Crippen LogP contribution in [0.25, 0.3) is 0 Å². The van der Waals surface area contributed by atoms with Crippen LogP contribution in [0, 0.1) is 0 Å². The number of hydrogen-bond acceptors (Lipinski definition) is 3. The monoisotopic (exact) mass is 267 g/mol. The summed E-state index contributed by atoms with van der Waals surface area (Å²) >= 11 is 3.39. The van der Waals surface area contributed by atoms with E-state index in [0.717, 1.165) is 15.9 Å². The van der Waals surface area contributed by atoms with Crippen LogP contribution in [-0.4, -0.2) is 17.1 Å². The predicted octanol–water partition coefficient (Wildman–Crippen LogP) is 2.92. The van der Waals surface area contributed by atoms with Gasteiger partial charge in [-0.2, -0.15) is 0 Å². The van der Waals surface area contributed by atoms with Gasteiger partial charge in [0.25, 0.3) is 0 Å². The predicted molar refractivity (Wildman–Crippen MR) is 62.6 cm³/mol. The zero-order valence-electron chi connectivity index (χ0n) is 8.12. The lowest BCUT2D eigenvalue weighted by molar-refractivity contribution is 0.412. The van der Waals surface area contributed by atoms with Crippen LogP contribution in [0.2, 0.25) is 0 Å². The van der Waals surface area contributed by atoms with Crippen LogP contribution in [-0.2, 0) is 0 Å². The SMILES string of the molecule is COc1cc(Nc2ncc[nH]2)ccc1Br. The fourth-order valence-corrected chi connectivity index (χ4v) is 1.62. The number of nitrogens with zero attached hydrogens (tertiary/aromatic N) is 1. The van der Waals surface area contributed by atoms with E-state index in [1.165, 1.54) is 0 Å². The summed E-state index contributed by atoms with van der Waals surface area (Å²) in [4.78, 5) is 7.03. The summed E-state index contributed by atoms with van der Waals surface area (Å²) in [6, 6.07) is 5.76. The molecule has 0 aliphatic rings. The van der Waals surface area contributed by atoms with Crippen LogP contribution in [0.3, 0.4) is 0 Å². The number of methoxy groups -OCH3 is 1. The number of benzene rings is 1. The number of imidazole rings is 1. The largest absolute Gasteiger partial charge is 0.495 e. The molecule has 2 N–H and O–H groups in total. The second-order valence-electron chi connectivity index (χ2n) is 2.91. The van der Waals surface area contributed by atoms with Gasteiger partial charge in [0.05, 0.1) is 11.6 Å². The third kappa shape index (κ3) is 2.30. The molecule has 4 nitrogen and oxygen atoms in total. The average molecular weight is 268 g/mol. The van der Waals surface area contributed by atoms with E-state index in [-0.39, 0.29) is 0 Å². The quantitative estimate of drug-likeness (QED) is 0.899. The molecule has 0 aliphatic carbocycles. The van der Waals surface area contributed by atoms with Gasteiger partial charge in [-0.25, -0.2) is 4.98 Å². The molecule has 0 spiro atoms. The molecule has 5 heteroatoms. The lowest BCUT2D eigenvalue weighted by Crippen LogP contribution is -1.93. The molecule has 1 heterocycles. The number of anilines is 2. The van der Waals surface area contributed by atoms with Crippen molar-refractivity contribution in [2.75, 3.05) is 12.4 Å². The minimum absolute atomic E-state index is 0.708. The number of rotatable bonds is 3. The zero-order chi connectivity index (χ0) is 10.7. The Balaban J connectivity index is 2.22. The van der Waals surface area contributed by atoms with E-state index in [1.807, 2.05) is 18.2 Å². The first-order valence-corrected chi connectivity index (χ1v) is 5.19. The van der Waals surface area contributed by atoms with Crippen molar-refractivity contribution in [1.82, 2.24) is 9.97 Å². The van der Waals surface area contributed by atoms with Gasteiger partial charge in [-0.05, 0) is 28.1 Å². The fourth-order valence-electron chi connectivity index (χ4n) is 1.21. The smallest absolute Gasteiger partial charge is 0.204 e. The lowest BCUT2D eigenvalue weighted by atomic mass is 10.3. The van der Waals surface area contributed by atoms with E-state index in [9.17, 15) is 0 Å². The Bertz CT molecular complexity index is 442. The Labute approximate surface area is 95.8 Å². The van der Waals surface area contributed by atoms with Crippen LogP contribution < -0.4 is 10.1 Å². The maximum absolute atomic E-state index is 5.19. The Hall–Kier alpha value is -1.49. The number of halogens is 1. The molecular weight excluding hydrogens is 258 g/mol. The number of ether oxygens (including phenoxy) is 1.